The summed E-state index contributed by atoms with van der Waals surface area (Å²) < 4.78 is 23.8. The van der Waals surface area contributed by atoms with E-state index in [1.807, 2.05) is 32.9 Å². The standard InChI is InChI=1S/C21H32BNO5/c1-19(2,3)26-18(24)23-13-17-15-9-8-10-16(14(15)11-12-25-17)22-27-20(4,5)21(6,7)28-22/h8-10,17H,11-13H2,1-7H3,(H,23,24). The summed E-state index contributed by atoms with van der Waals surface area (Å²) in [4.78, 5) is 12.0. The number of ether oxygens (including phenoxy) is 2. The van der Waals surface area contributed by atoms with Crippen LogP contribution in [0.3, 0.4) is 0 Å². The minimum absolute atomic E-state index is 0.223. The van der Waals surface area contributed by atoms with Crippen molar-refractivity contribution in [3.05, 3.63) is 29.3 Å². The second-order valence-electron chi connectivity index (χ2n) is 9.50. The predicted octanol–water partition coefficient (Wildman–Crippen LogP) is 3.12. The highest BCUT2D eigenvalue weighted by Gasteiger charge is 2.52. The number of carbonyl (C=O) groups excluding carboxylic acids is 1. The van der Waals surface area contributed by atoms with E-state index in [1.165, 1.54) is 5.56 Å². The average molecular weight is 389 g/mol. The summed E-state index contributed by atoms with van der Waals surface area (Å²) in [5.41, 5.74) is 1.99. The van der Waals surface area contributed by atoms with E-state index in [0.29, 0.717) is 13.2 Å². The van der Waals surface area contributed by atoms with Gasteiger partial charge in [-0.05, 0) is 71.5 Å². The molecule has 1 atom stereocenters. The van der Waals surface area contributed by atoms with Gasteiger partial charge in [0.25, 0.3) is 0 Å². The number of alkyl carbamates (subject to hydrolysis) is 1. The summed E-state index contributed by atoms with van der Waals surface area (Å²) in [6.45, 7) is 14.7. The van der Waals surface area contributed by atoms with Gasteiger partial charge in [-0.1, -0.05) is 18.2 Å². The fourth-order valence-corrected chi connectivity index (χ4v) is 3.46. The van der Waals surface area contributed by atoms with Crippen LogP contribution in [0.5, 0.6) is 0 Å². The lowest BCUT2D eigenvalue weighted by Crippen LogP contribution is -2.41. The smallest absolute Gasteiger partial charge is 0.444 e. The zero-order valence-corrected chi connectivity index (χ0v) is 18.0. The summed E-state index contributed by atoms with van der Waals surface area (Å²) in [6, 6.07) is 6.10. The molecule has 2 aliphatic rings. The second-order valence-corrected chi connectivity index (χ2v) is 9.50. The fourth-order valence-electron chi connectivity index (χ4n) is 3.46. The third-order valence-electron chi connectivity index (χ3n) is 5.60. The van der Waals surface area contributed by atoms with Gasteiger partial charge < -0.3 is 24.1 Å². The van der Waals surface area contributed by atoms with Gasteiger partial charge in [0.05, 0.1) is 24.4 Å². The SMILES string of the molecule is CC(C)(C)OC(=O)NCC1OCCc2c(B3OC(C)(C)C(C)(C)O3)cccc21. The third-order valence-corrected chi connectivity index (χ3v) is 5.60. The van der Waals surface area contributed by atoms with Crippen LogP contribution in [-0.2, 0) is 25.2 Å². The van der Waals surface area contributed by atoms with Crippen LogP contribution in [0, 0.1) is 0 Å². The normalized spacial score (nSPS) is 23.2. The molecule has 7 heteroatoms. The Morgan fingerprint density at radius 3 is 2.46 bits per heavy atom. The molecule has 1 saturated heterocycles. The number of benzene rings is 1. The molecule has 1 fully saturated rings. The van der Waals surface area contributed by atoms with Crippen molar-refractivity contribution in [3.63, 3.8) is 0 Å². The monoisotopic (exact) mass is 389 g/mol. The Morgan fingerprint density at radius 1 is 1.21 bits per heavy atom. The zero-order valence-electron chi connectivity index (χ0n) is 18.0. The minimum atomic E-state index is -0.528. The molecular formula is C21H32BNO5. The number of rotatable bonds is 3. The van der Waals surface area contributed by atoms with E-state index in [-0.39, 0.29) is 17.3 Å². The van der Waals surface area contributed by atoms with E-state index in [2.05, 4.69) is 39.1 Å². The van der Waals surface area contributed by atoms with Crippen molar-refractivity contribution in [1.29, 1.82) is 0 Å². The van der Waals surface area contributed by atoms with Crippen LogP contribution in [0.15, 0.2) is 18.2 Å². The Balaban J connectivity index is 1.77. The molecule has 1 aromatic rings. The van der Waals surface area contributed by atoms with E-state index in [9.17, 15) is 4.79 Å². The Labute approximate surface area is 168 Å². The fraction of sp³-hybridized carbons (Fsp3) is 0.667. The predicted molar refractivity (Wildman–Crippen MR) is 109 cm³/mol. The van der Waals surface area contributed by atoms with Gasteiger partial charge in [-0.3, -0.25) is 0 Å². The molecule has 6 nitrogen and oxygen atoms in total. The zero-order chi connectivity index (χ0) is 20.7. The minimum Gasteiger partial charge on any atom is -0.444 e. The number of carbonyl (C=O) groups is 1. The lowest BCUT2D eigenvalue weighted by atomic mass is 9.73. The molecular weight excluding hydrogens is 357 g/mol. The molecule has 0 bridgehead atoms. The van der Waals surface area contributed by atoms with Gasteiger partial charge in [-0.2, -0.15) is 0 Å². The molecule has 0 spiro atoms. The highest BCUT2D eigenvalue weighted by Crippen LogP contribution is 2.37. The molecule has 0 saturated carbocycles. The van der Waals surface area contributed by atoms with Crippen molar-refractivity contribution in [3.8, 4) is 0 Å². The van der Waals surface area contributed by atoms with Gasteiger partial charge in [-0.15, -0.1) is 0 Å². The lowest BCUT2D eigenvalue weighted by molar-refractivity contribution is 0.00578. The van der Waals surface area contributed by atoms with E-state index in [0.717, 1.165) is 17.4 Å². The molecule has 154 valence electrons. The Bertz CT molecular complexity index is 725. The molecule has 1 aromatic carbocycles. The van der Waals surface area contributed by atoms with E-state index in [4.69, 9.17) is 18.8 Å². The number of amides is 1. The van der Waals surface area contributed by atoms with Crippen LogP contribution in [-0.4, -0.2) is 43.2 Å². The van der Waals surface area contributed by atoms with Gasteiger partial charge in [0.1, 0.15) is 11.7 Å². The summed E-state index contributed by atoms with van der Waals surface area (Å²) in [5.74, 6) is 0. The first-order valence-corrected chi connectivity index (χ1v) is 9.95. The summed E-state index contributed by atoms with van der Waals surface area (Å²) in [5, 5.41) is 2.82. The first kappa shape index (κ1) is 21.2. The van der Waals surface area contributed by atoms with Gasteiger partial charge >= 0.3 is 13.2 Å². The Morgan fingerprint density at radius 2 is 1.86 bits per heavy atom. The van der Waals surface area contributed by atoms with E-state index in [1.54, 1.807) is 0 Å². The quantitative estimate of drug-likeness (QED) is 0.805. The largest absolute Gasteiger partial charge is 0.495 e. The molecule has 1 unspecified atom stereocenters. The van der Waals surface area contributed by atoms with E-state index >= 15 is 0 Å². The summed E-state index contributed by atoms with van der Waals surface area (Å²) in [7, 11) is -0.405. The summed E-state index contributed by atoms with van der Waals surface area (Å²) in [6.07, 6.45) is 0.127. The molecule has 0 aromatic heterocycles. The Hall–Kier alpha value is -1.57. The van der Waals surface area contributed by atoms with Crippen molar-refractivity contribution < 1.29 is 23.6 Å². The van der Waals surface area contributed by atoms with Crippen LogP contribution in [0.1, 0.15) is 65.7 Å². The van der Waals surface area contributed by atoms with Crippen LogP contribution >= 0.6 is 0 Å². The maximum atomic E-state index is 12.0. The third kappa shape index (κ3) is 4.37. The molecule has 28 heavy (non-hydrogen) atoms. The van der Waals surface area contributed by atoms with Gasteiger partial charge in [0.15, 0.2) is 0 Å². The topological polar surface area (TPSA) is 66.0 Å². The van der Waals surface area contributed by atoms with Crippen molar-refractivity contribution in [1.82, 2.24) is 5.32 Å². The van der Waals surface area contributed by atoms with Crippen molar-refractivity contribution in [2.45, 2.75) is 77.8 Å². The summed E-state index contributed by atoms with van der Waals surface area (Å²) >= 11 is 0. The number of fused-ring (bicyclic) bond motifs is 1. The molecule has 3 rings (SSSR count). The lowest BCUT2D eigenvalue weighted by Gasteiger charge is -2.32. The van der Waals surface area contributed by atoms with Crippen LogP contribution in [0.4, 0.5) is 4.79 Å². The number of hydrogen-bond donors (Lipinski definition) is 1. The molecule has 0 aliphatic carbocycles. The first-order valence-electron chi connectivity index (χ1n) is 9.95. The average Bonchev–Trinajstić information content (AvgIpc) is 2.78. The maximum Gasteiger partial charge on any atom is 0.495 e. The molecule has 0 radical (unpaired) electrons. The van der Waals surface area contributed by atoms with Crippen LogP contribution in [0.25, 0.3) is 0 Å². The number of hydrogen-bond acceptors (Lipinski definition) is 5. The van der Waals surface area contributed by atoms with Gasteiger partial charge in [-0.25, -0.2) is 4.79 Å². The Kier molecular flexibility index (Phi) is 5.56. The first-order chi connectivity index (χ1) is 12.9. The second kappa shape index (κ2) is 7.36. The van der Waals surface area contributed by atoms with Crippen molar-refractivity contribution >= 4 is 18.7 Å². The van der Waals surface area contributed by atoms with E-state index < -0.39 is 18.8 Å². The van der Waals surface area contributed by atoms with Crippen molar-refractivity contribution in [2.75, 3.05) is 13.2 Å². The van der Waals surface area contributed by atoms with Crippen molar-refractivity contribution in [2.24, 2.45) is 0 Å². The van der Waals surface area contributed by atoms with Gasteiger partial charge in [0, 0.05) is 0 Å². The maximum absolute atomic E-state index is 12.0. The molecule has 2 heterocycles. The van der Waals surface area contributed by atoms with Gasteiger partial charge in [0.2, 0.25) is 0 Å². The van der Waals surface area contributed by atoms with Crippen LogP contribution < -0.4 is 10.8 Å². The highest BCUT2D eigenvalue weighted by atomic mass is 16.7. The highest BCUT2D eigenvalue weighted by molar-refractivity contribution is 6.62. The molecule has 1 amide bonds. The molecule has 1 N–H and O–H groups in total. The number of nitrogens with one attached hydrogen (secondary N) is 1. The van der Waals surface area contributed by atoms with Crippen LogP contribution in [0.2, 0.25) is 0 Å². The molecule has 2 aliphatic heterocycles.